The van der Waals surface area contributed by atoms with Gasteiger partial charge in [0.05, 0.1) is 6.61 Å². The molecule has 21 heavy (non-hydrogen) atoms. The Morgan fingerprint density at radius 1 is 1.19 bits per heavy atom. The number of amides is 2. The van der Waals surface area contributed by atoms with E-state index in [0.717, 1.165) is 18.4 Å². The van der Waals surface area contributed by atoms with Gasteiger partial charge in [0.1, 0.15) is 0 Å². The van der Waals surface area contributed by atoms with Crippen molar-refractivity contribution < 1.29 is 14.7 Å². The maximum atomic E-state index is 12.3. The van der Waals surface area contributed by atoms with E-state index >= 15 is 0 Å². The van der Waals surface area contributed by atoms with E-state index in [1.807, 2.05) is 32.9 Å². The Balaban J connectivity index is 2.78. The first kappa shape index (κ1) is 17.2. The van der Waals surface area contributed by atoms with E-state index in [9.17, 15) is 9.59 Å². The standard InChI is InChI=1S/C16H24N2O3/c1-4-14(5-2)18(10-11-19)16(21)15(20)17-13-8-6-12(3)7-9-13/h6-9,14,19H,4-5,10-11H2,1-3H3,(H,17,20). The van der Waals surface area contributed by atoms with Crippen molar-refractivity contribution in [2.45, 2.75) is 39.7 Å². The van der Waals surface area contributed by atoms with Crippen LogP contribution < -0.4 is 5.32 Å². The Hall–Kier alpha value is -1.88. The van der Waals surface area contributed by atoms with Crippen molar-refractivity contribution in [3.63, 3.8) is 0 Å². The van der Waals surface area contributed by atoms with Gasteiger partial charge >= 0.3 is 11.8 Å². The van der Waals surface area contributed by atoms with Crippen molar-refractivity contribution in [3.05, 3.63) is 29.8 Å². The number of benzene rings is 1. The number of hydrogen-bond donors (Lipinski definition) is 2. The average molecular weight is 292 g/mol. The Labute approximate surface area is 126 Å². The molecular formula is C16H24N2O3. The first-order valence-corrected chi connectivity index (χ1v) is 7.32. The predicted octanol–water partition coefficient (Wildman–Crippen LogP) is 1.94. The molecule has 0 fully saturated rings. The zero-order chi connectivity index (χ0) is 15.8. The molecule has 0 aliphatic heterocycles. The van der Waals surface area contributed by atoms with E-state index in [1.165, 1.54) is 4.90 Å². The molecule has 116 valence electrons. The smallest absolute Gasteiger partial charge is 0.313 e. The van der Waals surface area contributed by atoms with Gasteiger partial charge in [-0.15, -0.1) is 0 Å². The number of aliphatic hydroxyl groups is 1. The summed E-state index contributed by atoms with van der Waals surface area (Å²) in [6.45, 7) is 5.90. The third kappa shape index (κ3) is 4.86. The molecule has 0 unspecified atom stereocenters. The van der Waals surface area contributed by atoms with Gasteiger partial charge in [0.15, 0.2) is 0 Å². The number of aliphatic hydroxyl groups excluding tert-OH is 1. The van der Waals surface area contributed by atoms with Crippen LogP contribution >= 0.6 is 0 Å². The Kier molecular flexibility index (Phi) is 6.88. The molecule has 0 saturated carbocycles. The molecular weight excluding hydrogens is 268 g/mol. The average Bonchev–Trinajstić information content (AvgIpc) is 2.49. The number of carbonyl (C=O) groups excluding carboxylic acids is 2. The van der Waals surface area contributed by atoms with E-state index in [2.05, 4.69) is 5.32 Å². The normalized spacial score (nSPS) is 10.5. The highest BCUT2D eigenvalue weighted by Crippen LogP contribution is 2.12. The lowest BCUT2D eigenvalue weighted by atomic mass is 10.1. The third-order valence-electron chi connectivity index (χ3n) is 3.49. The summed E-state index contributed by atoms with van der Waals surface area (Å²) in [5.74, 6) is -1.27. The number of aryl methyl sites for hydroxylation is 1. The molecule has 0 heterocycles. The molecule has 2 N–H and O–H groups in total. The topological polar surface area (TPSA) is 69.6 Å². The van der Waals surface area contributed by atoms with Crippen LogP contribution in [0.15, 0.2) is 24.3 Å². The van der Waals surface area contributed by atoms with Crippen molar-refractivity contribution in [1.29, 1.82) is 0 Å². The zero-order valence-electron chi connectivity index (χ0n) is 12.9. The van der Waals surface area contributed by atoms with Gasteiger partial charge in [-0.2, -0.15) is 0 Å². The van der Waals surface area contributed by atoms with Crippen LogP contribution in [0, 0.1) is 6.92 Å². The SMILES string of the molecule is CCC(CC)N(CCO)C(=O)C(=O)Nc1ccc(C)cc1. The maximum Gasteiger partial charge on any atom is 0.313 e. The summed E-state index contributed by atoms with van der Waals surface area (Å²) in [6, 6.07) is 7.22. The van der Waals surface area contributed by atoms with Gasteiger partial charge in [-0.3, -0.25) is 9.59 Å². The predicted molar refractivity (Wildman–Crippen MR) is 83.0 cm³/mol. The van der Waals surface area contributed by atoms with Crippen molar-refractivity contribution >= 4 is 17.5 Å². The van der Waals surface area contributed by atoms with Gasteiger partial charge in [-0.25, -0.2) is 0 Å². The second-order valence-electron chi connectivity index (χ2n) is 5.01. The number of rotatable bonds is 6. The maximum absolute atomic E-state index is 12.3. The second kappa shape index (κ2) is 8.42. The number of anilines is 1. The lowest BCUT2D eigenvalue weighted by molar-refractivity contribution is -0.145. The summed E-state index contributed by atoms with van der Waals surface area (Å²) in [6.07, 6.45) is 1.50. The highest BCUT2D eigenvalue weighted by Gasteiger charge is 2.26. The van der Waals surface area contributed by atoms with Crippen molar-refractivity contribution in [2.75, 3.05) is 18.5 Å². The molecule has 5 heteroatoms. The van der Waals surface area contributed by atoms with Crippen LogP contribution in [0.3, 0.4) is 0 Å². The van der Waals surface area contributed by atoms with Crippen LogP contribution in [0.2, 0.25) is 0 Å². The summed E-state index contributed by atoms with van der Waals surface area (Å²) >= 11 is 0. The fraction of sp³-hybridized carbons (Fsp3) is 0.500. The van der Waals surface area contributed by atoms with Crippen molar-refractivity contribution in [1.82, 2.24) is 4.90 Å². The number of carbonyl (C=O) groups is 2. The summed E-state index contributed by atoms with van der Waals surface area (Å²) in [4.78, 5) is 25.8. The summed E-state index contributed by atoms with van der Waals surface area (Å²) in [5.41, 5.74) is 1.67. The zero-order valence-corrected chi connectivity index (χ0v) is 12.9. The molecule has 0 aliphatic rings. The van der Waals surface area contributed by atoms with Gasteiger partial charge < -0.3 is 15.3 Å². The number of hydrogen-bond acceptors (Lipinski definition) is 3. The lowest BCUT2D eigenvalue weighted by Crippen LogP contribution is -2.46. The molecule has 0 aromatic heterocycles. The summed E-state index contributed by atoms with van der Waals surface area (Å²) in [7, 11) is 0. The van der Waals surface area contributed by atoms with Gasteiger partial charge in [0.2, 0.25) is 0 Å². The molecule has 0 atom stereocenters. The molecule has 0 saturated heterocycles. The monoisotopic (exact) mass is 292 g/mol. The summed E-state index contributed by atoms with van der Waals surface area (Å²) in [5, 5.41) is 11.7. The minimum atomic E-state index is -0.667. The van der Waals surface area contributed by atoms with Crippen LogP contribution in [0.1, 0.15) is 32.3 Å². The Morgan fingerprint density at radius 3 is 2.24 bits per heavy atom. The molecule has 0 spiro atoms. The minimum Gasteiger partial charge on any atom is -0.395 e. The van der Waals surface area contributed by atoms with Crippen LogP contribution in [0.5, 0.6) is 0 Å². The first-order chi connectivity index (χ1) is 10.0. The van der Waals surface area contributed by atoms with E-state index in [0.29, 0.717) is 5.69 Å². The summed E-state index contributed by atoms with van der Waals surface area (Å²) < 4.78 is 0. The van der Waals surface area contributed by atoms with Crippen LogP contribution in [-0.2, 0) is 9.59 Å². The largest absolute Gasteiger partial charge is 0.395 e. The second-order valence-corrected chi connectivity index (χ2v) is 5.01. The van der Waals surface area contributed by atoms with Crippen LogP contribution in [0.4, 0.5) is 5.69 Å². The molecule has 5 nitrogen and oxygen atoms in total. The van der Waals surface area contributed by atoms with E-state index in [1.54, 1.807) is 12.1 Å². The fourth-order valence-corrected chi connectivity index (χ4v) is 2.24. The molecule has 1 aromatic carbocycles. The van der Waals surface area contributed by atoms with Gasteiger partial charge in [-0.1, -0.05) is 31.5 Å². The van der Waals surface area contributed by atoms with Gasteiger partial charge in [-0.05, 0) is 31.9 Å². The first-order valence-electron chi connectivity index (χ1n) is 7.32. The molecule has 1 aromatic rings. The minimum absolute atomic E-state index is 0.0339. The van der Waals surface area contributed by atoms with Gasteiger partial charge in [0, 0.05) is 18.3 Å². The quantitative estimate of drug-likeness (QED) is 0.787. The Bertz CT molecular complexity index is 467. The molecule has 2 amide bonds. The number of nitrogens with one attached hydrogen (secondary N) is 1. The lowest BCUT2D eigenvalue weighted by Gasteiger charge is -2.29. The molecule has 0 aliphatic carbocycles. The molecule has 0 bridgehead atoms. The highest BCUT2D eigenvalue weighted by atomic mass is 16.3. The fourth-order valence-electron chi connectivity index (χ4n) is 2.24. The van der Waals surface area contributed by atoms with Crippen LogP contribution in [-0.4, -0.2) is 41.0 Å². The van der Waals surface area contributed by atoms with E-state index in [-0.39, 0.29) is 19.2 Å². The van der Waals surface area contributed by atoms with E-state index < -0.39 is 11.8 Å². The van der Waals surface area contributed by atoms with Crippen molar-refractivity contribution in [3.8, 4) is 0 Å². The van der Waals surface area contributed by atoms with Crippen LogP contribution in [0.25, 0.3) is 0 Å². The molecule has 0 radical (unpaired) electrons. The van der Waals surface area contributed by atoms with Gasteiger partial charge in [0.25, 0.3) is 0 Å². The highest BCUT2D eigenvalue weighted by molar-refractivity contribution is 6.39. The molecule has 1 rings (SSSR count). The number of nitrogens with zero attached hydrogens (tertiary/aromatic N) is 1. The van der Waals surface area contributed by atoms with E-state index in [4.69, 9.17) is 5.11 Å². The van der Waals surface area contributed by atoms with Crippen molar-refractivity contribution in [2.24, 2.45) is 0 Å². The Morgan fingerprint density at radius 2 is 1.76 bits per heavy atom. The third-order valence-corrected chi connectivity index (χ3v) is 3.49.